The van der Waals surface area contributed by atoms with Gasteiger partial charge in [0, 0.05) is 13.2 Å². The van der Waals surface area contributed by atoms with Crippen LogP contribution >= 0.6 is 0 Å². The molecule has 8 heteroatoms. The van der Waals surface area contributed by atoms with E-state index in [0.717, 1.165) is 32.1 Å². The Morgan fingerprint density at radius 3 is 1.67 bits per heavy atom. The lowest BCUT2D eigenvalue weighted by Gasteiger charge is -2.11. The minimum absolute atomic E-state index is 0.200. The van der Waals surface area contributed by atoms with Crippen LogP contribution in [0, 0.1) is 5.92 Å². The number of hydrogen-bond acceptors (Lipinski definition) is 8. The third kappa shape index (κ3) is 26.5. The number of ether oxygens (including phenoxy) is 4. The van der Waals surface area contributed by atoms with Crippen LogP contribution in [-0.4, -0.2) is 62.7 Å². The monoisotopic (exact) mass is 436 g/mol. The van der Waals surface area contributed by atoms with Gasteiger partial charge < -0.3 is 29.2 Å². The molecule has 0 radical (unpaired) electrons. The van der Waals surface area contributed by atoms with E-state index >= 15 is 0 Å². The Kier molecular flexibility index (Phi) is 26.1. The Bertz CT molecular complexity index is 370. The van der Waals surface area contributed by atoms with Crippen molar-refractivity contribution in [1.82, 2.24) is 0 Å². The van der Waals surface area contributed by atoms with Crippen molar-refractivity contribution in [1.29, 1.82) is 0 Å². The average Bonchev–Trinajstić information content (AvgIpc) is 2.74. The smallest absolute Gasteiger partial charge is 0.438 e. The van der Waals surface area contributed by atoms with Crippen LogP contribution in [0.15, 0.2) is 0 Å². The Balaban J connectivity index is 0. The third-order valence-corrected chi connectivity index (χ3v) is 4.36. The van der Waals surface area contributed by atoms with Gasteiger partial charge in [0.1, 0.15) is 0 Å². The van der Waals surface area contributed by atoms with Crippen molar-refractivity contribution in [2.24, 2.45) is 5.92 Å². The minimum atomic E-state index is -0.689. The topological polar surface area (TPSA) is 112 Å². The fourth-order valence-corrected chi connectivity index (χ4v) is 2.37. The molecular weight excluding hydrogens is 392 g/mol. The second-order valence-electron chi connectivity index (χ2n) is 7.21. The van der Waals surface area contributed by atoms with Crippen molar-refractivity contribution in [3.05, 3.63) is 0 Å². The van der Waals surface area contributed by atoms with E-state index in [1.165, 1.54) is 32.8 Å². The number of unbranched alkanes of at least 4 members (excludes halogenated alkanes) is 7. The molecule has 0 rings (SSSR count). The Morgan fingerprint density at radius 1 is 0.700 bits per heavy atom. The molecule has 0 saturated carbocycles. The van der Waals surface area contributed by atoms with E-state index in [9.17, 15) is 9.59 Å². The summed E-state index contributed by atoms with van der Waals surface area (Å²) in [5.74, 6) is 0.260. The summed E-state index contributed by atoms with van der Waals surface area (Å²) >= 11 is 0. The van der Waals surface area contributed by atoms with Crippen LogP contribution in [0.3, 0.4) is 0 Å². The first-order valence-electron chi connectivity index (χ1n) is 11.2. The first-order valence-corrected chi connectivity index (χ1v) is 11.2. The standard InChI is InChI=1S/C15H28O7.C7H16O/c1-13(7-11-21-14(17)19-2)8-12-22-15(18)20-10-6-4-3-5-9-16;1-2-3-4-5-6-7-8/h13,16H,3-12H2,1-2H3;8H,2-7H2,1H3. The molecule has 0 aromatic rings. The van der Waals surface area contributed by atoms with E-state index in [0.29, 0.717) is 26.1 Å². The molecule has 0 aliphatic heterocycles. The van der Waals surface area contributed by atoms with Crippen molar-refractivity contribution in [2.45, 2.75) is 84.5 Å². The number of carbonyl (C=O) groups is 2. The van der Waals surface area contributed by atoms with Gasteiger partial charge in [0.25, 0.3) is 0 Å². The summed E-state index contributed by atoms with van der Waals surface area (Å²) in [7, 11) is 1.26. The molecule has 1 atom stereocenters. The van der Waals surface area contributed by atoms with Crippen LogP contribution in [0.5, 0.6) is 0 Å². The quantitative estimate of drug-likeness (QED) is 0.246. The van der Waals surface area contributed by atoms with E-state index in [-0.39, 0.29) is 25.7 Å². The molecule has 0 saturated heterocycles. The minimum Gasteiger partial charge on any atom is -0.438 e. The van der Waals surface area contributed by atoms with Crippen LogP contribution in [0.1, 0.15) is 84.5 Å². The molecule has 8 nitrogen and oxygen atoms in total. The molecule has 2 N–H and O–H groups in total. The maximum Gasteiger partial charge on any atom is 0.508 e. The molecule has 180 valence electrons. The predicted octanol–water partition coefficient (Wildman–Crippen LogP) is 4.84. The first kappa shape index (κ1) is 30.7. The lowest BCUT2D eigenvalue weighted by Crippen LogP contribution is -2.13. The van der Waals surface area contributed by atoms with Crippen LogP contribution in [-0.2, 0) is 18.9 Å². The van der Waals surface area contributed by atoms with Gasteiger partial charge in [-0.25, -0.2) is 9.59 Å². The second-order valence-corrected chi connectivity index (χ2v) is 7.21. The van der Waals surface area contributed by atoms with E-state index in [1.807, 2.05) is 6.92 Å². The van der Waals surface area contributed by atoms with Gasteiger partial charge in [0.15, 0.2) is 0 Å². The molecule has 0 aromatic carbocycles. The number of carbonyl (C=O) groups excluding carboxylic acids is 2. The Hall–Kier alpha value is -1.54. The lowest BCUT2D eigenvalue weighted by molar-refractivity contribution is 0.0483. The molecule has 0 spiro atoms. The van der Waals surface area contributed by atoms with Gasteiger partial charge >= 0.3 is 12.3 Å². The summed E-state index contributed by atoms with van der Waals surface area (Å²) in [4.78, 5) is 22.0. The summed E-state index contributed by atoms with van der Waals surface area (Å²) < 4.78 is 19.0. The van der Waals surface area contributed by atoms with Crippen LogP contribution in [0.2, 0.25) is 0 Å². The van der Waals surface area contributed by atoms with E-state index < -0.39 is 12.3 Å². The molecule has 0 fully saturated rings. The van der Waals surface area contributed by atoms with E-state index in [2.05, 4.69) is 11.7 Å². The summed E-state index contributed by atoms with van der Waals surface area (Å²) in [5, 5.41) is 17.0. The van der Waals surface area contributed by atoms with Gasteiger partial charge in [-0.05, 0) is 44.4 Å². The van der Waals surface area contributed by atoms with Crippen molar-refractivity contribution < 1.29 is 38.7 Å². The zero-order chi connectivity index (χ0) is 22.9. The van der Waals surface area contributed by atoms with Gasteiger partial charge in [-0.2, -0.15) is 0 Å². The fourth-order valence-electron chi connectivity index (χ4n) is 2.37. The largest absolute Gasteiger partial charge is 0.508 e. The number of methoxy groups -OCH3 is 1. The molecule has 30 heavy (non-hydrogen) atoms. The summed E-state index contributed by atoms with van der Waals surface area (Å²) in [5.41, 5.74) is 0. The normalized spacial score (nSPS) is 11.1. The molecule has 1 unspecified atom stereocenters. The van der Waals surface area contributed by atoms with Crippen molar-refractivity contribution in [3.63, 3.8) is 0 Å². The summed E-state index contributed by atoms with van der Waals surface area (Å²) in [6.45, 7) is 5.65. The van der Waals surface area contributed by atoms with Gasteiger partial charge in [0.2, 0.25) is 0 Å². The summed E-state index contributed by atoms with van der Waals surface area (Å²) in [6.07, 6.45) is 9.50. The highest BCUT2D eigenvalue weighted by Gasteiger charge is 2.08. The Morgan fingerprint density at radius 2 is 1.17 bits per heavy atom. The fraction of sp³-hybridized carbons (Fsp3) is 0.909. The highest BCUT2D eigenvalue weighted by atomic mass is 16.7. The molecule has 0 heterocycles. The number of aliphatic hydroxyl groups is 2. The second kappa shape index (κ2) is 25.5. The molecular formula is C22H44O8. The predicted molar refractivity (Wildman–Crippen MR) is 115 cm³/mol. The maximum absolute atomic E-state index is 11.3. The van der Waals surface area contributed by atoms with E-state index in [4.69, 9.17) is 24.4 Å². The Labute approximate surface area is 182 Å². The van der Waals surface area contributed by atoms with Gasteiger partial charge in [0.05, 0.1) is 26.9 Å². The lowest BCUT2D eigenvalue weighted by atomic mass is 10.1. The van der Waals surface area contributed by atoms with Crippen LogP contribution in [0.4, 0.5) is 9.59 Å². The van der Waals surface area contributed by atoms with Crippen molar-refractivity contribution >= 4 is 12.3 Å². The number of aliphatic hydroxyl groups excluding tert-OH is 2. The molecule has 0 bridgehead atoms. The zero-order valence-electron chi connectivity index (χ0n) is 19.2. The highest BCUT2D eigenvalue weighted by molar-refractivity contribution is 5.59. The molecule has 0 aliphatic rings. The highest BCUT2D eigenvalue weighted by Crippen LogP contribution is 2.08. The van der Waals surface area contributed by atoms with Gasteiger partial charge in [-0.15, -0.1) is 0 Å². The molecule has 0 aliphatic carbocycles. The molecule has 0 amide bonds. The number of rotatable bonds is 17. The average molecular weight is 437 g/mol. The van der Waals surface area contributed by atoms with Crippen LogP contribution < -0.4 is 0 Å². The van der Waals surface area contributed by atoms with Gasteiger partial charge in [-0.3, -0.25) is 0 Å². The molecule has 0 aromatic heterocycles. The third-order valence-electron chi connectivity index (χ3n) is 4.36. The van der Waals surface area contributed by atoms with Crippen molar-refractivity contribution in [2.75, 3.05) is 40.1 Å². The van der Waals surface area contributed by atoms with E-state index in [1.54, 1.807) is 0 Å². The van der Waals surface area contributed by atoms with Gasteiger partial charge in [-0.1, -0.05) is 46.0 Å². The zero-order valence-corrected chi connectivity index (χ0v) is 19.2. The maximum atomic E-state index is 11.3. The first-order chi connectivity index (χ1) is 14.5. The number of hydrogen-bond donors (Lipinski definition) is 2. The van der Waals surface area contributed by atoms with Crippen molar-refractivity contribution in [3.8, 4) is 0 Å². The summed E-state index contributed by atoms with van der Waals surface area (Å²) in [6, 6.07) is 0. The SMILES string of the molecule is CCCCCCCO.COC(=O)OCCC(C)CCOC(=O)OCCCCCCO. The van der Waals surface area contributed by atoms with Crippen LogP contribution in [0.25, 0.3) is 0 Å².